The maximum absolute atomic E-state index is 13.9. The lowest BCUT2D eigenvalue weighted by atomic mass is 9.83. The predicted molar refractivity (Wildman–Crippen MR) is 126 cm³/mol. The van der Waals surface area contributed by atoms with E-state index in [1.807, 2.05) is 6.07 Å². The third kappa shape index (κ3) is 7.57. The highest BCUT2D eigenvalue weighted by Crippen LogP contribution is 2.36. The fourth-order valence-corrected chi connectivity index (χ4v) is 4.36. The van der Waals surface area contributed by atoms with Gasteiger partial charge in [-0.2, -0.15) is 13.2 Å². The zero-order valence-corrected chi connectivity index (χ0v) is 20.7. The molecule has 3 rings (SSSR count). The highest BCUT2D eigenvalue weighted by Gasteiger charge is 2.43. The number of amides is 1. The number of nitrogens with zero attached hydrogens (tertiary/aromatic N) is 2. The van der Waals surface area contributed by atoms with Gasteiger partial charge in [0.25, 0.3) is 0 Å². The van der Waals surface area contributed by atoms with Gasteiger partial charge in [0.1, 0.15) is 23.1 Å². The number of benzene rings is 1. The minimum Gasteiger partial charge on any atom is -0.508 e. The molecule has 6 nitrogen and oxygen atoms in total. The topological polar surface area (TPSA) is 62.2 Å². The molecule has 35 heavy (non-hydrogen) atoms. The number of halogens is 3. The first-order valence-electron chi connectivity index (χ1n) is 12.0. The number of carbonyl (C=O) groups excluding carboxylic acids is 1. The van der Waals surface area contributed by atoms with E-state index in [0.29, 0.717) is 17.7 Å². The molecule has 2 aliphatic rings. The van der Waals surface area contributed by atoms with Crippen LogP contribution in [-0.2, 0) is 4.74 Å². The third-order valence-electron chi connectivity index (χ3n) is 6.33. The molecule has 0 spiro atoms. The molecule has 0 bridgehead atoms. The molecule has 1 fully saturated rings. The molecule has 1 aliphatic heterocycles. The van der Waals surface area contributed by atoms with Crippen LogP contribution >= 0.6 is 0 Å². The highest BCUT2D eigenvalue weighted by atomic mass is 19.4. The summed E-state index contributed by atoms with van der Waals surface area (Å²) in [5.74, 6) is 1.03. The van der Waals surface area contributed by atoms with Crippen molar-refractivity contribution in [2.45, 2.75) is 90.1 Å². The number of ether oxygens (including phenoxy) is 2. The number of carbonyl (C=O) groups is 1. The van der Waals surface area contributed by atoms with E-state index < -0.39 is 23.9 Å². The lowest BCUT2D eigenvalue weighted by Crippen LogP contribution is -2.42. The van der Waals surface area contributed by atoms with Crippen molar-refractivity contribution in [3.8, 4) is 11.5 Å². The summed E-state index contributed by atoms with van der Waals surface area (Å²) in [7, 11) is 0. The molecular weight excluding hydrogens is 461 g/mol. The quantitative estimate of drug-likeness (QED) is 0.467. The molecule has 0 radical (unpaired) electrons. The first kappa shape index (κ1) is 26.8. The standard InChI is InChI=1S/C26H35F3N2O4/c1-18-21(32)6-5-7-22(18)34-20-11-8-19(9-12-20)10-13-23(26(27,28)29)30-14-16-31(17-15-30)24(33)35-25(2,3)4/h5-7,14-17,19-20,23,32H,8-13H2,1-4H3/t19?,20?,23-/m1/s1. The Morgan fingerprint density at radius 1 is 1.09 bits per heavy atom. The Morgan fingerprint density at radius 3 is 2.29 bits per heavy atom. The van der Waals surface area contributed by atoms with Gasteiger partial charge in [0.2, 0.25) is 0 Å². The molecule has 9 heteroatoms. The second kappa shape index (κ2) is 10.8. The molecule has 1 aliphatic carbocycles. The van der Waals surface area contributed by atoms with Crippen LogP contribution in [-0.4, -0.2) is 44.9 Å². The molecule has 0 unspecified atom stereocenters. The summed E-state index contributed by atoms with van der Waals surface area (Å²) in [4.78, 5) is 14.4. The summed E-state index contributed by atoms with van der Waals surface area (Å²) >= 11 is 0. The van der Waals surface area contributed by atoms with E-state index in [2.05, 4.69) is 0 Å². The molecule has 1 saturated carbocycles. The van der Waals surface area contributed by atoms with Crippen LogP contribution in [0, 0.1) is 12.8 Å². The van der Waals surface area contributed by atoms with Crippen molar-refractivity contribution in [3.05, 3.63) is 48.6 Å². The van der Waals surface area contributed by atoms with E-state index in [0.717, 1.165) is 35.5 Å². The Labute approximate surface area is 205 Å². The SMILES string of the molecule is Cc1c(O)cccc1OC1CCC(CC[C@@H](N2C=CN(C(=O)OC(C)(C)C)C=C2)C(F)(F)F)CC1. The minimum atomic E-state index is -4.41. The average molecular weight is 497 g/mol. The van der Waals surface area contributed by atoms with Crippen LogP contribution in [0.2, 0.25) is 0 Å². The average Bonchev–Trinajstić information content (AvgIpc) is 2.76. The fourth-order valence-electron chi connectivity index (χ4n) is 4.36. The van der Waals surface area contributed by atoms with Gasteiger partial charge in [-0.25, -0.2) is 4.79 Å². The smallest absolute Gasteiger partial charge is 0.418 e. The normalized spacial score (nSPS) is 21.7. The Bertz CT molecular complexity index is 918. The van der Waals surface area contributed by atoms with Crippen LogP contribution in [0.5, 0.6) is 11.5 Å². The summed E-state index contributed by atoms with van der Waals surface area (Å²) in [6.07, 6.45) is 3.61. The van der Waals surface area contributed by atoms with Gasteiger partial charge >= 0.3 is 12.3 Å². The fraction of sp³-hybridized carbons (Fsp3) is 0.577. The first-order valence-corrected chi connectivity index (χ1v) is 12.0. The molecule has 1 aromatic rings. The van der Waals surface area contributed by atoms with E-state index >= 15 is 0 Å². The van der Waals surface area contributed by atoms with E-state index in [1.165, 1.54) is 24.8 Å². The monoisotopic (exact) mass is 496 g/mol. The molecule has 0 aromatic heterocycles. The largest absolute Gasteiger partial charge is 0.508 e. The van der Waals surface area contributed by atoms with Gasteiger partial charge < -0.3 is 19.5 Å². The van der Waals surface area contributed by atoms with Crippen LogP contribution in [0.15, 0.2) is 43.0 Å². The molecule has 194 valence electrons. The Hall–Kier alpha value is -2.84. The van der Waals surface area contributed by atoms with Crippen LogP contribution in [0.4, 0.5) is 18.0 Å². The third-order valence-corrected chi connectivity index (χ3v) is 6.33. The summed E-state index contributed by atoms with van der Waals surface area (Å²) in [5.41, 5.74) is -0.00797. The van der Waals surface area contributed by atoms with Crippen molar-refractivity contribution in [1.82, 2.24) is 9.80 Å². The molecular formula is C26H35F3N2O4. The Kier molecular flexibility index (Phi) is 8.28. The molecule has 0 saturated heterocycles. The summed E-state index contributed by atoms with van der Waals surface area (Å²) < 4.78 is 52.9. The van der Waals surface area contributed by atoms with Crippen LogP contribution in [0.25, 0.3) is 0 Å². The van der Waals surface area contributed by atoms with Crippen molar-refractivity contribution in [2.24, 2.45) is 5.92 Å². The molecule has 1 atom stereocenters. The lowest BCUT2D eigenvalue weighted by Gasteiger charge is -2.35. The van der Waals surface area contributed by atoms with Gasteiger partial charge in [-0.15, -0.1) is 0 Å². The number of phenols is 1. The Morgan fingerprint density at radius 2 is 1.71 bits per heavy atom. The zero-order valence-electron chi connectivity index (χ0n) is 20.7. The second-order valence-electron chi connectivity index (χ2n) is 10.2. The number of alkyl halides is 3. The van der Waals surface area contributed by atoms with Gasteiger partial charge in [-0.05, 0) is 84.3 Å². The molecule has 1 aromatic carbocycles. The van der Waals surface area contributed by atoms with E-state index in [-0.39, 0.29) is 24.2 Å². The minimum absolute atomic E-state index is 0.00281. The van der Waals surface area contributed by atoms with Gasteiger partial charge in [-0.3, -0.25) is 4.90 Å². The summed E-state index contributed by atoms with van der Waals surface area (Å²) in [6, 6.07) is 3.49. The maximum atomic E-state index is 13.9. The van der Waals surface area contributed by atoms with E-state index in [9.17, 15) is 23.1 Å². The number of hydrogen-bond donors (Lipinski definition) is 1. The van der Waals surface area contributed by atoms with Crippen molar-refractivity contribution < 1.29 is 32.5 Å². The van der Waals surface area contributed by atoms with Gasteiger partial charge in [0.05, 0.1) is 6.10 Å². The zero-order chi connectivity index (χ0) is 25.8. The summed E-state index contributed by atoms with van der Waals surface area (Å²) in [5, 5.41) is 9.84. The van der Waals surface area contributed by atoms with Crippen LogP contribution in [0.1, 0.15) is 64.9 Å². The number of rotatable bonds is 6. The van der Waals surface area contributed by atoms with Crippen molar-refractivity contribution in [1.29, 1.82) is 0 Å². The Balaban J connectivity index is 1.51. The maximum Gasteiger partial charge on any atom is 0.418 e. The number of aromatic hydroxyl groups is 1. The summed E-state index contributed by atoms with van der Waals surface area (Å²) in [6.45, 7) is 6.97. The highest BCUT2D eigenvalue weighted by molar-refractivity contribution is 5.70. The molecule has 1 amide bonds. The molecule has 1 heterocycles. The first-order chi connectivity index (χ1) is 16.3. The van der Waals surface area contributed by atoms with Gasteiger partial charge in [0.15, 0.2) is 0 Å². The van der Waals surface area contributed by atoms with E-state index in [4.69, 9.17) is 9.47 Å². The molecule has 1 N–H and O–H groups in total. The van der Waals surface area contributed by atoms with Crippen molar-refractivity contribution >= 4 is 6.09 Å². The van der Waals surface area contributed by atoms with Gasteiger partial charge in [-0.1, -0.05) is 6.07 Å². The van der Waals surface area contributed by atoms with E-state index in [1.54, 1.807) is 39.8 Å². The van der Waals surface area contributed by atoms with Crippen molar-refractivity contribution in [3.63, 3.8) is 0 Å². The lowest BCUT2D eigenvalue weighted by molar-refractivity contribution is -0.174. The number of phenolic OH excluding ortho intramolecular Hbond substituents is 1. The van der Waals surface area contributed by atoms with Crippen molar-refractivity contribution in [2.75, 3.05) is 0 Å². The van der Waals surface area contributed by atoms with Crippen LogP contribution < -0.4 is 4.74 Å². The van der Waals surface area contributed by atoms with Crippen LogP contribution in [0.3, 0.4) is 0 Å². The second-order valence-corrected chi connectivity index (χ2v) is 10.2. The predicted octanol–water partition coefficient (Wildman–Crippen LogP) is 6.84. The number of hydrogen-bond acceptors (Lipinski definition) is 5. The van der Waals surface area contributed by atoms with Gasteiger partial charge in [0, 0.05) is 30.4 Å².